The maximum absolute atomic E-state index is 13.0. The topological polar surface area (TPSA) is 29.5 Å². The van der Waals surface area contributed by atoms with Crippen LogP contribution in [0.4, 0.5) is 0 Å². The molecule has 0 saturated carbocycles. The second-order valence-corrected chi connectivity index (χ2v) is 8.30. The Morgan fingerprint density at radius 3 is 2.31 bits per heavy atom. The predicted molar refractivity (Wildman–Crippen MR) is 119 cm³/mol. The standard InChI is InChI=1S/C25H25NO2S/c27-24(16-15-20-9-3-1-4-10-20)26-17-18-29-25(26)22-13-7-8-14-23(22)28-19-21-11-5-2-6-12-21/h1-14,25H,15-19H2/t25-/m0/s1. The van der Waals surface area contributed by atoms with Crippen LogP contribution in [0.25, 0.3) is 0 Å². The Bertz CT molecular complexity index is 930. The minimum atomic E-state index is 0.0187. The lowest BCUT2D eigenvalue weighted by Gasteiger charge is -2.26. The van der Waals surface area contributed by atoms with Crippen molar-refractivity contribution in [2.24, 2.45) is 0 Å². The molecule has 1 saturated heterocycles. The zero-order valence-electron chi connectivity index (χ0n) is 16.4. The van der Waals surface area contributed by atoms with Crippen molar-refractivity contribution in [3.8, 4) is 5.75 Å². The molecule has 0 aliphatic carbocycles. The van der Waals surface area contributed by atoms with Crippen LogP contribution in [0.15, 0.2) is 84.9 Å². The molecule has 3 nitrogen and oxygen atoms in total. The molecule has 1 fully saturated rings. The normalized spacial score (nSPS) is 16.0. The van der Waals surface area contributed by atoms with E-state index in [0.717, 1.165) is 35.6 Å². The third-order valence-corrected chi connectivity index (χ3v) is 6.35. The zero-order valence-corrected chi connectivity index (χ0v) is 17.2. The summed E-state index contributed by atoms with van der Waals surface area (Å²) in [7, 11) is 0. The molecule has 0 radical (unpaired) electrons. The van der Waals surface area contributed by atoms with Crippen LogP contribution in [0, 0.1) is 0 Å². The largest absolute Gasteiger partial charge is 0.489 e. The van der Waals surface area contributed by atoms with Crippen LogP contribution in [0.5, 0.6) is 5.75 Å². The van der Waals surface area contributed by atoms with Gasteiger partial charge in [-0.2, -0.15) is 0 Å². The van der Waals surface area contributed by atoms with Crippen molar-refractivity contribution in [2.75, 3.05) is 12.3 Å². The van der Waals surface area contributed by atoms with Crippen LogP contribution in [0.3, 0.4) is 0 Å². The quantitative estimate of drug-likeness (QED) is 0.524. The number of hydrogen-bond donors (Lipinski definition) is 0. The summed E-state index contributed by atoms with van der Waals surface area (Å²) in [5.41, 5.74) is 3.42. The molecule has 0 unspecified atom stereocenters. The van der Waals surface area contributed by atoms with Gasteiger partial charge in [-0.05, 0) is 23.6 Å². The van der Waals surface area contributed by atoms with Crippen LogP contribution in [-0.4, -0.2) is 23.1 Å². The summed E-state index contributed by atoms with van der Waals surface area (Å²) < 4.78 is 6.14. The number of hydrogen-bond acceptors (Lipinski definition) is 3. The monoisotopic (exact) mass is 403 g/mol. The van der Waals surface area contributed by atoms with E-state index < -0.39 is 0 Å². The van der Waals surface area contributed by atoms with Crippen molar-refractivity contribution in [1.82, 2.24) is 4.90 Å². The highest BCUT2D eigenvalue weighted by molar-refractivity contribution is 7.99. The van der Waals surface area contributed by atoms with E-state index in [4.69, 9.17) is 4.74 Å². The number of amides is 1. The van der Waals surface area contributed by atoms with Crippen molar-refractivity contribution >= 4 is 17.7 Å². The highest BCUT2D eigenvalue weighted by Gasteiger charge is 2.32. The summed E-state index contributed by atoms with van der Waals surface area (Å²) in [6.45, 7) is 1.31. The molecule has 1 aliphatic rings. The van der Waals surface area contributed by atoms with Gasteiger partial charge in [0.05, 0.1) is 0 Å². The average molecular weight is 404 g/mol. The molecule has 148 valence electrons. The molecule has 4 rings (SSSR count). The molecule has 1 amide bonds. The molecule has 0 aromatic heterocycles. The molecule has 0 bridgehead atoms. The minimum Gasteiger partial charge on any atom is -0.489 e. The first-order chi connectivity index (χ1) is 14.3. The van der Waals surface area contributed by atoms with Gasteiger partial charge in [-0.1, -0.05) is 78.9 Å². The van der Waals surface area contributed by atoms with Crippen molar-refractivity contribution in [3.63, 3.8) is 0 Å². The van der Waals surface area contributed by atoms with Gasteiger partial charge in [-0.25, -0.2) is 0 Å². The van der Waals surface area contributed by atoms with Crippen LogP contribution in [-0.2, 0) is 17.8 Å². The molecule has 1 aliphatic heterocycles. The molecule has 29 heavy (non-hydrogen) atoms. The van der Waals surface area contributed by atoms with Crippen molar-refractivity contribution < 1.29 is 9.53 Å². The summed E-state index contributed by atoms with van der Waals surface area (Å²) in [6.07, 6.45) is 1.31. The second-order valence-electron chi connectivity index (χ2n) is 7.11. The molecule has 1 atom stereocenters. The maximum atomic E-state index is 13.0. The van der Waals surface area contributed by atoms with Gasteiger partial charge in [-0.15, -0.1) is 11.8 Å². The molecule has 4 heteroatoms. The lowest BCUT2D eigenvalue weighted by atomic mass is 10.1. The van der Waals surface area contributed by atoms with E-state index in [9.17, 15) is 4.79 Å². The number of benzene rings is 3. The number of carbonyl (C=O) groups excluding carboxylic acids is 1. The molecular formula is C25H25NO2S. The van der Waals surface area contributed by atoms with E-state index >= 15 is 0 Å². The van der Waals surface area contributed by atoms with Crippen molar-refractivity contribution in [3.05, 3.63) is 102 Å². The Hall–Kier alpha value is -2.72. The van der Waals surface area contributed by atoms with Gasteiger partial charge in [0.2, 0.25) is 5.91 Å². The van der Waals surface area contributed by atoms with E-state index in [1.165, 1.54) is 5.56 Å². The van der Waals surface area contributed by atoms with Gasteiger partial charge in [0.1, 0.15) is 17.7 Å². The fraction of sp³-hybridized carbons (Fsp3) is 0.240. The van der Waals surface area contributed by atoms with Crippen LogP contribution < -0.4 is 4.74 Å². The van der Waals surface area contributed by atoms with E-state index in [-0.39, 0.29) is 11.3 Å². The molecule has 1 heterocycles. The maximum Gasteiger partial charge on any atom is 0.224 e. The van der Waals surface area contributed by atoms with Gasteiger partial charge in [-0.3, -0.25) is 4.79 Å². The fourth-order valence-corrected chi connectivity index (χ4v) is 4.88. The fourth-order valence-electron chi connectivity index (χ4n) is 3.57. The van der Waals surface area contributed by atoms with Crippen LogP contribution >= 0.6 is 11.8 Å². The Labute approximate surface area is 176 Å². The van der Waals surface area contributed by atoms with Crippen LogP contribution in [0.1, 0.15) is 28.5 Å². The third-order valence-electron chi connectivity index (χ3n) is 5.10. The van der Waals surface area contributed by atoms with E-state index in [1.807, 2.05) is 71.3 Å². The SMILES string of the molecule is O=C(CCc1ccccc1)N1CCS[C@H]1c1ccccc1OCc1ccccc1. The molecule has 0 spiro atoms. The molecular weight excluding hydrogens is 378 g/mol. The number of para-hydroxylation sites is 1. The number of nitrogens with zero attached hydrogens (tertiary/aromatic N) is 1. The number of carbonyl (C=O) groups is 1. The summed E-state index contributed by atoms with van der Waals surface area (Å²) in [4.78, 5) is 15.0. The van der Waals surface area contributed by atoms with E-state index in [0.29, 0.717) is 13.0 Å². The van der Waals surface area contributed by atoms with Crippen molar-refractivity contribution in [2.45, 2.75) is 24.8 Å². The molecule has 0 N–H and O–H groups in total. The van der Waals surface area contributed by atoms with Crippen LogP contribution in [0.2, 0.25) is 0 Å². The summed E-state index contributed by atoms with van der Waals surface area (Å²) in [5.74, 6) is 2.02. The first kappa shape index (κ1) is 19.6. The first-order valence-electron chi connectivity index (χ1n) is 10.0. The Balaban J connectivity index is 1.44. The van der Waals surface area contributed by atoms with Crippen molar-refractivity contribution in [1.29, 1.82) is 0 Å². The first-order valence-corrected chi connectivity index (χ1v) is 11.1. The molecule has 3 aromatic carbocycles. The number of aryl methyl sites for hydroxylation is 1. The highest BCUT2D eigenvalue weighted by atomic mass is 32.2. The average Bonchev–Trinajstić information content (AvgIpc) is 3.27. The van der Waals surface area contributed by atoms with Gasteiger partial charge in [0, 0.05) is 24.3 Å². The van der Waals surface area contributed by atoms with Gasteiger partial charge in [0.25, 0.3) is 0 Å². The Kier molecular flexibility index (Phi) is 6.52. The van der Waals surface area contributed by atoms with Gasteiger partial charge in [0.15, 0.2) is 0 Å². The smallest absolute Gasteiger partial charge is 0.224 e. The minimum absolute atomic E-state index is 0.0187. The molecule has 3 aromatic rings. The summed E-state index contributed by atoms with van der Waals surface area (Å²) >= 11 is 1.81. The van der Waals surface area contributed by atoms with E-state index in [2.05, 4.69) is 30.3 Å². The van der Waals surface area contributed by atoms with Gasteiger partial charge < -0.3 is 9.64 Å². The Morgan fingerprint density at radius 2 is 1.55 bits per heavy atom. The zero-order chi connectivity index (χ0) is 19.9. The summed E-state index contributed by atoms with van der Waals surface area (Å²) in [6, 6.07) is 28.5. The lowest BCUT2D eigenvalue weighted by molar-refractivity contribution is -0.131. The highest BCUT2D eigenvalue weighted by Crippen LogP contribution is 2.42. The second kappa shape index (κ2) is 9.66. The lowest BCUT2D eigenvalue weighted by Crippen LogP contribution is -2.30. The number of ether oxygens (including phenoxy) is 1. The number of thioether (sulfide) groups is 1. The number of rotatable bonds is 7. The Morgan fingerprint density at radius 1 is 0.897 bits per heavy atom. The van der Waals surface area contributed by atoms with E-state index in [1.54, 1.807) is 0 Å². The predicted octanol–water partition coefficient (Wildman–Crippen LogP) is 5.47. The summed E-state index contributed by atoms with van der Waals surface area (Å²) in [5, 5.41) is 0.0187. The third kappa shape index (κ3) is 5.01. The van der Waals surface area contributed by atoms with Gasteiger partial charge >= 0.3 is 0 Å².